The van der Waals surface area contributed by atoms with Gasteiger partial charge in [-0.25, -0.2) is 0 Å². The Hall–Kier alpha value is -1.75. The van der Waals surface area contributed by atoms with Gasteiger partial charge in [-0.3, -0.25) is 4.79 Å². The molecule has 2 aromatic rings. The molecule has 0 atom stereocenters. The van der Waals surface area contributed by atoms with Crippen molar-refractivity contribution < 1.29 is 9.53 Å². The van der Waals surface area contributed by atoms with E-state index in [9.17, 15) is 4.79 Å². The maximum absolute atomic E-state index is 12.0. The van der Waals surface area contributed by atoms with Crippen molar-refractivity contribution in [2.24, 2.45) is 0 Å². The lowest BCUT2D eigenvalue weighted by Gasteiger charge is -2.16. The second-order valence-corrected chi connectivity index (χ2v) is 5.04. The van der Waals surface area contributed by atoms with Crippen molar-refractivity contribution in [3.8, 4) is 5.75 Å². The van der Waals surface area contributed by atoms with E-state index >= 15 is 0 Å². The zero-order valence-electron chi connectivity index (χ0n) is 10.6. The zero-order chi connectivity index (χ0) is 13.7. The van der Waals surface area contributed by atoms with Crippen LogP contribution in [0.2, 0.25) is 0 Å². The van der Waals surface area contributed by atoms with Crippen molar-refractivity contribution in [1.82, 2.24) is 9.88 Å². The molecule has 0 aliphatic rings. The summed E-state index contributed by atoms with van der Waals surface area (Å²) < 4.78 is 6.42. The van der Waals surface area contributed by atoms with Crippen LogP contribution < -0.4 is 4.74 Å². The van der Waals surface area contributed by atoms with Gasteiger partial charge in [0.15, 0.2) is 0 Å². The molecule has 0 radical (unpaired) electrons. The molecule has 1 aromatic carbocycles. The van der Waals surface area contributed by atoms with Gasteiger partial charge < -0.3 is 14.6 Å². The molecule has 1 aromatic heterocycles. The molecule has 4 nitrogen and oxygen atoms in total. The number of H-pyrrole nitrogens is 1. The van der Waals surface area contributed by atoms with Crippen LogP contribution >= 0.6 is 15.9 Å². The summed E-state index contributed by atoms with van der Waals surface area (Å²) >= 11 is 3.31. The number of hydrogen-bond donors (Lipinski definition) is 1. The summed E-state index contributed by atoms with van der Waals surface area (Å²) in [5.41, 5.74) is 0.564. The van der Waals surface area contributed by atoms with Crippen molar-refractivity contribution in [3.05, 3.63) is 52.8 Å². The number of ether oxygens (including phenoxy) is 1. The molecule has 1 heterocycles. The Morgan fingerprint density at radius 2 is 2.11 bits per heavy atom. The van der Waals surface area contributed by atoms with Gasteiger partial charge in [0.05, 0.1) is 6.54 Å². The molecule has 0 aliphatic carbocycles. The first kappa shape index (κ1) is 13.7. The van der Waals surface area contributed by atoms with Crippen molar-refractivity contribution >= 4 is 21.8 Å². The average Bonchev–Trinajstić information content (AvgIpc) is 2.85. The van der Waals surface area contributed by atoms with Crippen LogP contribution in [0.25, 0.3) is 0 Å². The van der Waals surface area contributed by atoms with Crippen LogP contribution in [0.5, 0.6) is 5.75 Å². The fourth-order valence-electron chi connectivity index (χ4n) is 1.62. The number of para-hydroxylation sites is 1. The largest absolute Gasteiger partial charge is 0.492 e. The van der Waals surface area contributed by atoms with Crippen LogP contribution in [-0.2, 0) is 0 Å². The van der Waals surface area contributed by atoms with Gasteiger partial charge in [0.1, 0.15) is 18.1 Å². The molecule has 0 saturated carbocycles. The smallest absolute Gasteiger partial charge is 0.270 e. The van der Waals surface area contributed by atoms with Crippen molar-refractivity contribution in [1.29, 1.82) is 0 Å². The summed E-state index contributed by atoms with van der Waals surface area (Å²) in [5.74, 6) is 0.758. The first-order valence-electron chi connectivity index (χ1n) is 5.94. The van der Waals surface area contributed by atoms with Gasteiger partial charge in [0.2, 0.25) is 0 Å². The Labute approximate surface area is 120 Å². The Bertz CT molecular complexity index is 539. The van der Waals surface area contributed by atoms with Gasteiger partial charge in [0.25, 0.3) is 5.91 Å². The van der Waals surface area contributed by atoms with E-state index < -0.39 is 0 Å². The molecule has 5 heteroatoms. The summed E-state index contributed by atoms with van der Waals surface area (Å²) in [6.45, 7) is 0.999. The fourth-order valence-corrected chi connectivity index (χ4v) is 1.96. The molecule has 0 bridgehead atoms. The molecule has 0 saturated heterocycles. The molecular weight excluding hydrogens is 308 g/mol. The lowest BCUT2D eigenvalue weighted by molar-refractivity contribution is 0.0768. The summed E-state index contributed by atoms with van der Waals surface area (Å²) in [6, 6.07) is 11.3. The molecule has 19 heavy (non-hydrogen) atoms. The quantitative estimate of drug-likeness (QED) is 0.919. The normalized spacial score (nSPS) is 10.2. The first-order valence-corrected chi connectivity index (χ1v) is 6.73. The van der Waals surface area contributed by atoms with Crippen LogP contribution in [0, 0.1) is 0 Å². The molecule has 1 amide bonds. The Morgan fingerprint density at radius 3 is 2.74 bits per heavy atom. The summed E-state index contributed by atoms with van der Waals surface area (Å²) in [5, 5.41) is 0. The van der Waals surface area contributed by atoms with Gasteiger partial charge in [-0.2, -0.15) is 0 Å². The Balaban J connectivity index is 1.81. The number of benzene rings is 1. The van der Waals surface area contributed by atoms with Gasteiger partial charge in [-0.1, -0.05) is 18.2 Å². The summed E-state index contributed by atoms with van der Waals surface area (Å²) in [7, 11) is 1.76. The second kappa shape index (κ2) is 6.43. The summed E-state index contributed by atoms with van der Waals surface area (Å²) in [4.78, 5) is 16.6. The van der Waals surface area contributed by atoms with E-state index in [-0.39, 0.29) is 5.91 Å². The third-order valence-electron chi connectivity index (χ3n) is 2.66. The molecule has 2 rings (SSSR count). The standard InChI is InChI=1S/C14H15BrN2O2/c1-17(14(18)13-9-11(15)10-16-13)7-8-19-12-5-3-2-4-6-12/h2-6,9-10,16H,7-8H2,1H3. The lowest BCUT2D eigenvalue weighted by atomic mass is 10.3. The molecule has 0 fully saturated rings. The van der Waals surface area contributed by atoms with Gasteiger partial charge in [-0.05, 0) is 34.1 Å². The highest BCUT2D eigenvalue weighted by molar-refractivity contribution is 9.10. The minimum Gasteiger partial charge on any atom is -0.492 e. The van der Waals surface area contributed by atoms with E-state index in [4.69, 9.17) is 4.74 Å². The predicted octanol–water partition coefficient (Wildman–Crippen LogP) is 2.93. The molecular formula is C14H15BrN2O2. The number of rotatable bonds is 5. The molecule has 100 valence electrons. The highest BCUT2D eigenvalue weighted by Crippen LogP contribution is 2.12. The average molecular weight is 323 g/mol. The van der Waals surface area contributed by atoms with E-state index in [1.165, 1.54) is 0 Å². The van der Waals surface area contributed by atoms with E-state index in [0.29, 0.717) is 18.8 Å². The van der Waals surface area contributed by atoms with Gasteiger partial charge in [0, 0.05) is 17.7 Å². The van der Waals surface area contributed by atoms with Crippen LogP contribution in [-0.4, -0.2) is 36.0 Å². The van der Waals surface area contributed by atoms with E-state index in [0.717, 1.165) is 10.2 Å². The number of nitrogens with one attached hydrogen (secondary N) is 1. The monoisotopic (exact) mass is 322 g/mol. The zero-order valence-corrected chi connectivity index (χ0v) is 12.2. The Morgan fingerprint density at radius 1 is 1.37 bits per heavy atom. The SMILES string of the molecule is CN(CCOc1ccccc1)C(=O)c1cc(Br)c[nH]1. The predicted molar refractivity (Wildman–Crippen MR) is 77.4 cm³/mol. The highest BCUT2D eigenvalue weighted by Gasteiger charge is 2.13. The van der Waals surface area contributed by atoms with E-state index in [1.54, 1.807) is 24.2 Å². The van der Waals surface area contributed by atoms with Crippen LogP contribution in [0.4, 0.5) is 0 Å². The second-order valence-electron chi connectivity index (χ2n) is 4.12. The number of hydrogen-bond acceptors (Lipinski definition) is 2. The number of amides is 1. The number of aromatic nitrogens is 1. The number of halogens is 1. The minimum absolute atomic E-state index is 0.0534. The number of nitrogens with zero attached hydrogens (tertiary/aromatic N) is 1. The lowest BCUT2D eigenvalue weighted by Crippen LogP contribution is -2.31. The Kier molecular flexibility index (Phi) is 4.63. The van der Waals surface area contributed by atoms with Crippen LogP contribution in [0.1, 0.15) is 10.5 Å². The summed E-state index contributed by atoms with van der Waals surface area (Å²) in [6.07, 6.45) is 1.74. The first-order chi connectivity index (χ1) is 9.16. The maximum Gasteiger partial charge on any atom is 0.270 e. The maximum atomic E-state index is 12.0. The van der Waals surface area contributed by atoms with Crippen molar-refractivity contribution in [2.45, 2.75) is 0 Å². The molecule has 0 spiro atoms. The topological polar surface area (TPSA) is 45.3 Å². The third kappa shape index (κ3) is 3.86. The van der Waals surface area contributed by atoms with Crippen molar-refractivity contribution in [3.63, 3.8) is 0 Å². The van der Waals surface area contributed by atoms with Gasteiger partial charge in [-0.15, -0.1) is 0 Å². The highest BCUT2D eigenvalue weighted by atomic mass is 79.9. The fraction of sp³-hybridized carbons (Fsp3) is 0.214. The number of likely N-dealkylation sites (N-methyl/N-ethyl adjacent to an activating group) is 1. The number of aromatic amines is 1. The van der Waals surface area contributed by atoms with Crippen LogP contribution in [0.15, 0.2) is 47.1 Å². The van der Waals surface area contributed by atoms with E-state index in [1.807, 2.05) is 30.3 Å². The van der Waals surface area contributed by atoms with E-state index in [2.05, 4.69) is 20.9 Å². The van der Waals surface area contributed by atoms with Crippen molar-refractivity contribution in [2.75, 3.05) is 20.2 Å². The molecule has 0 aliphatic heterocycles. The number of carbonyl (C=O) groups is 1. The number of carbonyl (C=O) groups excluding carboxylic acids is 1. The van der Waals surface area contributed by atoms with Gasteiger partial charge >= 0.3 is 0 Å². The molecule has 1 N–H and O–H groups in total. The third-order valence-corrected chi connectivity index (χ3v) is 3.12. The molecule has 0 unspecified atom stereocenters. The minimum atomic E-state index is -0.0534. The van der Waals surface area contributed by atoms with Crippen LogP contribution in [0.3, 0.4) is 0 Å².